The Morgan fingerprint density at radius 1 is 1.00 bits per heavy atom. The molecule has 7 heteroatoms. The van der Waals surface area contributed by atoms with Crippen LogP contribution in [0, 0.1) is 0 Å². The van der Waals surface area contributed by atoms with E-state index in [0.717, 1.165) is 35.1 Å². The number of hydrogen-bond acceptors (Lipinski definition) is 4. The van der Waals surface area contributed by atoms with E-state index in [-0.39, 0.29) is 31.4 Å². The predicted molar refractivity (Wildman–Crippen MR) is 115 cm³/mol. The predicted octanol–water partition coefficient (Wildman–Crippen LogP) is 3.38. The summed E-state index contributed by atoms with van der Waals surface area (Å²) in [7, 11) is 0. The van der Waals surface area contributed by atoms with E-state index in [1.807, 2.05) is 24.3 Å². The summed E-state index contributed by atoms with van der Waals surface area (Å²) in [6.07, 6.45) is 1.55. The van der Waals surface area contributed by atoms with Crippen LogP contribution in [0.3, 0.4) is 0 Å². The summed E-state index contributed by atoms with van der Waals surface area (Å²) in [6, 6.07) is 15.4. The number of nitrogens with one attached hydrogen (secondary N) is 1. The van der Waals surface area contributed by atoms with Crippen LogP contribution in [0.25, 0.3) is 11.1 Å². The van der Waals surface area contributed by atoms with E-state index < -0.39 is 18.1 Å². The van der Waals surface area contributed by atoms with E-state index in [0.29, 0.717) is 13.0 Å². The molecular formula is C24H26N2O5. The van der Waals surface area contributed by atoms with Crippen molar-refractivity contribution >= 4 is 18.0 Å². The molecule has 2 aromatic rings. The molecule has 2 aromatic carbocycles. The molecule has 0 unspecified atom stereocenters. The molecule has 0 saturated carbocycles. The van der Waals surface area contributed by atoms with Gasteiger partial charge in [0.15, 0.2) is 0 Å². The zero-order valence-electron chi connectivity index (χ0n) is 17.3. The van der Waals surface area contributed by atoms with Crippen LogP contribution >= 0.6 is 0 Å². The molecule has 162 valence electrons. The highest BCUT2D eigenvalue weighted by atomic mass is 16.5. The molecule has 1 atom stereocenters. The lowest BCUT2D eigenvalue weighted by atomic mass is 9.98. The van der Waals surface area contributed by atoms with Gasteiger partial charge in [-0.15, -0.1) is 0 Å². The molecule has 1 fully saturated rings. The number of piperidine rings is 1. The fraction of sp³-hybridized carbons (Fsp3) is 0.375. The number of carbonyl (C=O) groups excluding carboxylic acids is 2. The number of rotatable bonds is 6. The van der Waals surface area contributed by atoms with Crippen LogP contribution in [0.4, 0.5) is 4.79 Å². The summed E-state index contributed by atoms with van der Waals surface area (Å²) in [5, 5.41) is 11.9. The van der Waals surface area contributed by atoms with Gasteiger partial charge in [-0.2, -0.15) is 0 Å². The first-order valence-electron chi connectivity index (χ1n) is 10.7. The lowest BCUT2D eigenvalue weighted by Gasteiger charge is -2.33. The van der Waals surface area contributed by atoms with Gasteiger partial charge in [0.05, 0.1) is 0 Å². The van der Waals surface area contributed by atoms with E-state index in [2.05, 4.69) is 29.6 Å². The van der Waals surface area contributed by atoms with Gasteiger partial charge in [0.2, 0.25) is 5.91 Å². The van der Waals surface area contributed by atoms with E-state index in [9.17, 15) is 19.5 Å². The van der Waals surface area contributed by atoms with E-state index in [1.165, 1.54) is 4.90 Å². The number of benzene rings is 2. The zero-order chi connectivity index (χ0) is 21.8. The van der Waals surface area contributed by atoms with Crippen molar-refractivity contribution < 1.29 is 24.2 Å². The van der Waals surface area contributed by atoms with Crippen molar-refractivity contribution in [2.75, 3.05) is 19.7 Å². The first-order valence-corrected chi connectivity index (χ1v) is 10.7. The highest BCUT2D eigenvalue weighted by Gasteiger charge is 2.32. The Morgan fingerprint density at radius 3 is 2.29 bits per heavy atom. The van der Waals surface area contributed by atoms with Gasteiger partial charge >= 0.3 is 12.1 Å². The van der Waals surface area contributed by atoms with E-state index >= 15 is 0 Å². The minimum Gasteiger partial charge on any atom is -0.480 e. The van der Waals surface area contributed by atoms with Crippen molar-refractivity contribution in [2.45, 2.75) is 37.6 Å². The lowest BCUT2D eigenvalue weighted by molar-refractivity contribution is -0.152. The van der Waals surface area contributed by atoms with Crippen molar-refractivity contribution in [1.82, 2.24) is 10.2 Å². The molecule has 1 heterocycles. The van der Waals surface area contributed by atoms with Gasteiger partial charge in [-0.3, -0.25) is 4.79 Å². The summed E-state index contributed by atoms with van der Waals surface area (Å²) in [5.41, 5.74) is 4.59. The van der Waals surface area contributed by atoms with Crippen molar-refractivity contribution in [3.8, 4) is 11.1 Å². The number of carbonyl (C=O) groups is 3. The number of likely N-dealkylation sites (tertiary alicyclic amines) is 1. The number of ether oxygens (including phenoxy) is 1. The second-order valence-corrected chi connectivity index (χ2v) is 7.94. The van der Waals surface area contributed by atoms with Crippen molar-refractivity contribution in [3.05, 3.63) is 59.7 Å². The normalized spacial score (nSPS) is 17.5. The van der Waals surface area contributed by atoms with Gasteiger partial charge in [-0.25, -0.2) is 9.59 Å². The molecule has 2 amide bonds. The largest absolute Gasteiger partial charge is 0.480 e. The number of amides is 2. The Labute approximate surface area is 181 Å². The summed E-state index contributed by atoms with van der Waals surface area (Å²) >= 11 is 0. The van der Waals surface area contributed by atoms with Gasteiger partial charge in [0.25, 0.3) is 0 Å². The third kappa shape index (κ3) is 4.40. The quantitative estimate of drug-likeness (QED) is 0.744. The average molecular weight is 422 g/mol. The van der Waals surface area contributed by atoms with Crippen LogP contribution in [0.1, 0.15) is 42.7 Å². The Balaban J connectivity index is 1.28. The first-order chi connectivity index (χ1) is 15.1. The van der Waals surface area contributed by atoms with E-state index in [1.54, 1.807) is 0 Å². The van der Waals surface area contributed by atoms with Gasteiger partial charge in [-0.05, 0) is 41.5 Å². The molecule has 1 saturated heterocycles. The number of alkyl carbamates (subject to hydrolysis) is 1. The Kier molecular flexibility index (Phi) is 6.21. The van der Waals surface area contributed by atoms with E-state index in [4.69, 9.17) is 4.74 Å². The second-order valence-electron chi connectivity index (χ2n) is 7.94. The molecule has 2 aliphatic rings. The van der Waals surface area contributed by atoms with Crippen LogP contribution in [0.2, 0.25) is 0 Å². The topological polar surface area (TPSA) is 95.9 Å². The molecule has 2 N–H and O–H groups in total. The van der Waals surface area contributed by atoms with Gasteiger partial charge < -0.3 is 20.1 Å². The molecule has 1 aliphatic carbocycles. The fourth-order valence-corrected chi connectivity index (χ4v) is 4.55. The van der Waals surface area contributed by atoms with Gasteiger partial charge in [0.1, 0.15) is 12.6 Å². The number of nitrogens with zero attached hydrogens (tertiary/aromatic N) is 1. The van der Waals surface area contributed by atoms with Gasteiger partial charge in [-0.1, -0.05) is 48.5 Å². The molecule has 0 radical (unpaired) electrons. The van der Waals surface area contributed by atoms with Crippen LogP contribution in [0.15, 0.2) is 48.5 Å². The molecular weight excluding hydrogens is 396 g/mol. The number of carboxylic acids is 1. The minimum atomic E-state index is -0.974. The zero-order valence-corrected chi connectivity index (χ0v) is 17.3. The second kappa shape index (κ2) is 9.20. The maximum atomic E-state index is 12.4. The first kappa shape index (κ1) is 20.9. The monoisotopic (exact) mass is 422 g/mol. The highest BCUT2D eigenvalue weighted by molar-refractivity contribution is 5.84. The van der Waals surface area contributed by atoms with Crippen molar-refractivity contribution in [2.24, 2.45) is 0 Å². The smallest absolute Gasteiger partial charge is 0.407 e. The summed E-state index contributed by atoms with van der Waals surface area (Å²) in [4.78, 5) is 37.4. The maximum absolute atomic E-state index is 12.4. The molecule has 31 heavy (non-hydrogen) atoms. The number of aliphatic carboxylic acids is 1. The van der Waals surface area contributed by atoms with Crippen LogP contribution in [-0.2, 0) is 14.3 Å². The standard InChI is InChI=1S/C24H26N2O5/c27-22(26-14-6-5-11-21(26)23(28)29)12-13-25-24(30)31-15-20-18-9-3-1-7-16(18)17-8-2-4-10-19(17)20/h1-4,7-10,20-21H,5-6,11-15H2,(H,25,30)(H,28,29)/t21-/m1/s1. The Hall–Kier alpha value is -3.35. The molecule has 0 bridgehead atoms. The summed E-state index contributed by atoms with van der Waals surface area (Å²) in [6.45, 7) is 0.764. The molecule has 0 spiro atoms. The number of carboxylic acid groups (broad SMARTS) is 1. The number of fused-ring (bicyclic) bond motifs is 3. The highest BCUT2D eigenvalue weighted by Crippen LogP contribution is 2.44. The number of hydrogen-bond donors (Lipinski definition) is 2. The summed E-state index contributed by atoms with van der Waals surface area (Å²) < 4.78 is 5.46. The molecule has 4 rings (SSSR count). The average Bonchev–Trinajstić information content (AvgIpc) is 3.11. The molecule has 7 nitrogen and oxygen atoms in total. The van der Waals surface area contributed by atoms with Crippen molar-refractivity contribution in [3.63, 3.8) is 0 Å². The lowest BCUT2D eigenvalue weighted by Crippen LogP contribution is -2.48. The Bertz CT molecular complexity index is 944. The third-order valence-electron chi connectivity index (χ3n) is 6.06. The maximum Gasteiger partial charge on any atom is 0.407 e. The minimum absolute atomic E-state index is 0.0237. The van der Waals surface area contributed by atoms with Crippen molar-refractivity contribution in [1.29, 1.82) is 0 Å². The molecule has 0 aromatic heterocycles. The SMILES string of the molecule is O=C(NCCC(=O)N1CCCC[C@@H]1C(=O)O)OCC1c2ccccc2-c2ccccc21. The molecule has 1 aliphatic heterocycles. The van der Waals surface area contributed by atoms with Crippen LogP contribution in [-0.4, -0.2) is 53.7 Å². The van der Waals surface area contributed by atoms with Crippen LogP contribution < -0.4 is 5.32 Å². The summed E-state index contributed by atoms with van der Waals surface area (Å²) in [5.74, 6) is -1.26. The third-order valence-corrected chi connectivity index (χ3v) is 6.06. The fourth-order valence-electron chi connectivity index (χ4n) is 4.55. The van der Waals surface area contributed by atoms with Crippen LogP contribution in [0.5, 0.6) is 0 Å². The van der Waals surface area contributed by atoms with Gasteiger partial charge in [0, 0.05) is 25.4 Å². The Morgan fingerprint density at radius 2 is 1.65 bits per heavy atom.